The molecule has 1 aliphatic rings. The SMILES string of the molecule is CC(C)CNCc1ccc(Cl)cc1N1CCNC(=O)C1. The fourth-order valence-electron chi connectivity index (χ4n) is 2.32. The van der Waals surface area contributed by atoms with Gasteiger partial charge in [-0.05, 0) is 30.2 Å². The van der Waals surface area contributed by atoms with Crippen LogP contribution in [0.15, 0.2) is 18.2 Å². The third kappa shape index (κ3) is 4.12. The van der Waals surface area contributed by atoms with E-state index in [1.807, 2.05) is 18.2 Å². The molecule has 1 amide bonds. The van der Waals surface area contributed by atoms with Crippen molar-refractivity contribution < 1.29 is 4.79 Å². The van der Waals surface area contributed by atoms with Gasteiger partial charge in [-0.1, -0.05) is 31.5 Å². The van der Waals surface area contributed by atoms with E-state index in [2.05, 4.69) is 29.4 Å². The minimum absolute atomic E-state index is 0.0670. The highest BCUT2D eigenvalue weighted by Gasteiger charge is 2.19. The van der Waals surface area contributed by atoms with Crippen molar-refractivity contribution in [3.63, 3.8) is 0 Å². The second-order valence-corrected chi connectivity index (χ2v) is 6.01. The fraction of sp³-hybridized carbons (Fsp3) is 0.533. The van der Waals surface area contributed by atoms with E-state index < -0.39 is 0 Å². The Morgan fingerprint density at radius 2 is 2.25 bits per heavy atom. The van der Waals surface area contributed by atoms with Crippen molar-refractivity contribution in [3.05, 3.63) is 28.8 Å². The summed E-state index contributed by atoms with van der Waals surface area (Å²) in [6, 6.07) is 5.89. The number of halogens is 1. The van der Waals surface area contributed by atoms with Crippen molar-refractivity contribution in [1.29, 1.82) is 0 Å². The smallest absolute Gasteiger partial charge is 0.239 e. The van der Waals surface area contributed by atoms with E-state index >= 15 is 0 Å². The Balaban J connectivity index is 2.12. The van der Waals surface area contributed by atoms with Crippen molar-refractivity contribution >= 4 is 23.2 Å². The van der Waals surface area contributed by atoms with Gasteiger partial charge in [-0.15, -0.1) is 0 Å². The van der Waals surface area contributed by atoms with Gasteiger partial charge in [-0.2, -0.15) is 0 Å². The fourth-order valence-corrected chi connectivity index (χ4v) is 2.49. The van der Waals surface area contributed by atoms with Gasteiger partial charge in [0.05, 0.1) is 6.54 Å². The largest absolute Gasteiger partial charge is 0.360 e. The lowest BCUT2D eigenvalue weighted by Crippen LogP contribution is -2.48. The molecule has 0 aliphatic carbocycles. The molecular weight excluding hydrogens is 274 g/mol. The molecule has 1 aliphatic heterocycles. The van der Waals surface area contributed by atoms with Gasteiger partial charge in [-0.25, -0.2) is 0 Å². The van der Waals surface area contributed by atoms with Crippen LogP contribution >= 0.6 is 11.6 Å². The standard InChI is InChI=1S/C15H22ClN3O/c1-11(2)8-17-9-12-3-4-13(16)7-14(12)19-6-5-18-15(20)10-19/h3-4,7,11,17H,5-6,8-10H2,1-2H3,(H,18,20). The predicted octanol–water partition coefficient (Wildman–Crippen LogP) is 2.02. The summed E-state index contributed by atoms with van der Waals surface area (Å²) in [6.45, 7) is 8.05. The summed E-state index contributed by atoms with van der Waals surface area (Å²) in [5.74, 6) is 0.684. The molecule has 1 saturated heterocycles. The second-order valence-electron chi connectivity index (χ2n) is 5.57. The molecule has 0 aromatic heterocycles. The van der Waals surface area contributed by atoms with Crippen molar-refractivity contribution in [2.24, 2.45) is 5.92 Å². The molecule has 0 saturated carbocycles. The zero-order valence-corrected chi connectivity index (χ0v) is 12.8. The van der Waals surface area contributed by atoms with Crippen molar-refractivity contribution in [2.75, 3.05) is 31.1 Å². The van der Waals surface area contributed by atoms with Crippen molar-refractivity contribution in [2.45, 2.75) is 20.4 Å². The molecule has 0 spiro atoms. The number of rotatable bonds is 5. The van der Waals surface area contributed by atoms with Crippen LogP contribution in [0, 0.1) is 5.92 Å². The number of nitrogens with one attached hydrogen (secondary N) is 2. The first kappa shape index (κ1) is 15.1. The average molecular weight is 296 g/mol. The summed E-state index contributed by atoms with van der Waals surface area (Å²) in [4.78, 5) is 13.6. The van der Waals surface area contributed by atoms with Gasteiger partial charge in [0.15, 0.2) is 0 Å². The van der Waals surface area contributed by atoms with Gasteiger partial charge >= 0.3 is 0 Å². The van der Waals surface area contributed by atoms with E-state index in [1.54, 1.807) is 0 Å². The maximum atomic E-state index is 11.5. The molecule has 0 radical (unpaired) electrons. The summed E-state index contributed by atoms with van der Waals surface area (Å²) in [7, 11) is 0. The lowest BCUT2D eigenvalue weighted by Gasteiger charge is -2.30. The molecule has 5 heteroatoms. The first-order valence-electron chi connectivity index (χ1n) is 7.07. The lowest BCUT2D eigenvalue weighted by molar-refractivity contribution is -0.120. The highest BCUT2D eigenvalue weighted by molar-refractivity contribution is 6.30. The number of hydrogen-bond acceptors (Lipinski definition) is 3. The maximum Gasteiger partial charge on any atom is 0.239 e. The minimum atomic E-state index is 0.0670. The van der Waals surface area contributed by atoms with E-state index in [9.17, 15) is 4.79 Å². The highest BCUT2D eigenvalue weighted by Crippen LogP contribution is 2.25. The Morgan fingerprint density at radius 3 is 2.95 bits per heavy atom. The number of carbonyl (C=O) groups is 1. The number of piperazine rings is 1. The number of amides is 1. The Bertz CT molecular complexity index is 476. The molecule has 1 aromatic rings. The average Bonchev–Trinajstić information content (AvgIpc) is 2.40. The quantitative estimate of drug-likeness (QED) is 0.873. The first-order valence-corrected chi connectivity index (χ1v) is 7.45. The third-order valence-corrected chi connectivity index (χ3v) is 3.53. The maximum absolute atomic E-state index is 11.5. The van der Waals surface area contributed by atoms with Gasteiger partial charge in [0, 0.05) is 30.3 Å². The van der Waals surface area contributed by atoms with Crippen LogP contribution in [0.3, 0.4) is 0 Å². The molecule has 4 nitrogen and oxygen atoms in total. The van der Waals surface area contributed by atoms with E-state index in [1.165, 1.54) is 5.56 Å². The van der Waals surface area contributed by atoms with E-state index in [-0.39, 0.29) is 5.91 Å². The van der Waals surface area contributed by atoms with Gasteiger partial charge < -0.3 is 15.5 Å². The molecular formula is C15H22ClN3O. The van der Waals surface area contributed by atoms with Crippen molar-refractivity contribution in [3.8, 4) is 0 Å². The summed E-state index contributed by atoms with van der Waals surface area (Å²) in [5, 5.41) is 6.99. The van der Waals surface area contributed by atoms with Crippen molar-refractivity contribution in [1.82, 2.24) is 10.6 Å². The summed E-state index contributed by atoms with van der Waals surface area (Å²) < 4.78 is 0. The molecule has 110 valence electrons. The zero-order chi connectivity index (χ0) is 14.5. The number of anilines is 1. The zero-order valence-electron chi connectivity index (χ0n) is 12.1. The third-order valence-electron chi connectivity index (χ3n) is 3.29. The van der Waals surface area contributed by atoms with Crippen LogP contribution in [-0.4, -0.2) is 32.1 Å². The monoisotopic (exact) mass is 295 g/mol. The molecule has 2 rings (SSSR count). The molecule has 1 heterocycles. The van der Waals surface area contributed by atoms with Crippen LogP contribution in [0.5, 0.6) is 0 Å². The Kier molecular flexibility index (Phi) is 5.26. The number of carbonyl (C=O) groups excluding carboxylic acids is 1. The normalized spacial score (nSPS) is 15.6. The van der Waals surface area contributed by atoms with E-state index in [4.69, 9.17) is 11.6 Å². The Hall–Kier alpha value is -1.26. The molecule has 2 N–H and O–H groups in total. The summed E-state index contributed by atoms with van der Waals surface area (Å²) in [6.07, 6.45) is 0. The minimum Gasteiger partial charge on any atom is -0.360 e. The second kappa shape index (κ2) is 6.95. The molecule has 0 atom stereocenters. The molecule has 20 heavy (non-hydrogen) atoms. The van der Waals surface area contributed by atoms with Gasteiger partial charge in [-0.3, -0.25) is 4.79 Å². The molecule has 0 bridgehead atoms. The number of benzene rings is 1. The summed E-state index contributed by atoms with van der Waals surface area (Å²) >= 11 is 6.11. The number of nitrogens with zero attached hydrogens (tertiary/aromatic N) is 1. The molecule has 1 fully saturated rings. The van der Waals surface area contributed by atoms with Crippen LogP contribution in [0.1, 0.15) is 19.4 Å². The van der Waals surface area contributed by atoms with E-state index in [0.29, 0.717) is 24.0 Å². The molecule has 1 aromatic carbocycles. The number of hydrogen-bond donors (Lipinski definition) is 2. The summed E-state index contributed by atoms with van der Waals surface area (Å²) in [5.41, 5.74) is 2.24. The van der Waals surface area contributed by atoms with Crippen LogP contribution in [0.4, 0.5) is 5.69 Å². The van der Waals surface area contributed by atoms with Gasteiger partial charge in [0.2, 0.25) is 5.91 Å². The topological polar surface area (TPSA) is 44.4 Å². The Morgan fingerprint density at radius 1 is 1.45 bits per heavy atom. The van der Waals surface area contributed by atoms with Crippen LogP contribution in [-0.2, 0) is 11.3 Å². The van der Waals surface area contributed by atoms with Crippen LogP contribution in [0.2, 0.25) is 5.02 Å². The van der Waals surface area contributed by atoms with Gasteiger partial charge in [0.1, 0.15) is 0 Å². The van der Waals surface area contributed by atoms with Crippen LogP contribution in [0.25, 0.3) is 0 Å². The highest BCUT2D eigenvalue weighted by atomic mass is 35.5. The van der Waals surface area contributed by atoms with Gasteiger partial charge in [0.25, 0.3) is 0 Å². The predicted molar refractivity (Wildman–Crippen MR) is 83.2 cm³/mol. The lowest BCUT2D eigenvalue weighted by atomic mass is 10.1. The van der Waals surface area contributed by atoms with E-state index in [0.717, 1.165) is 25.3 Å². The first-order chi connectivity index (χ1) is 9.56. The Labute approximate surface area is 125 Å². The van der Waals surface area contributed by atoms with Crippen LogP contribution < -0.4 is 15.5 Å². The molecule has 0 unspecified atom stereocenters.